The van der Waals surface area contributed by atoms with Gasteiger partial charge in [-0.2, -0.15) is 13.2 Å². The average molecular weight is 381 g/mol. The van der Waals surface area contributed by atoms with Gasteiger partial charge in [0.25, 0.3) is 5.91 Å². The van der Waals surface area contributed by atoms with Gasteiger partial charge in [-0.3, -0.25) is 4.79 Å². The summed E-state index contributed by atoms with van der Waals surface area (Å²) in [6.45, 7) is 1.11. The van der Waals surface area contributed by atoms with Crippen molar-refractivity contribution in [3.05, 3.63) is 53.2 Å². The highest BCUT2D eigenvalue weighted by Gasteiger charge is 2.33. The molecule has 1 amide bonds. The number of carbonyl (C=O) groups excluding carboxylic acids is 1. The van der Waals surface area contributed by atoms with Gasteiger partial charge in [0.1, 0.15) is 5.82 Å². The number of hydrogen-bond acceptors (Lipinski definition) is 5. The molecule has 1 aromatic heterocycles. The number of pyridine rings is 1. The van der Waals surface area contributed by atoms with E-state index in [9.17, 15) is 23.1 Å². The molecule has 0 spiro atoms. The summed E-state index contributed by atoms with van der Waals surface area (Å²) in [6, 6.07) is 6.25. The lowest BCUT2D eigenvalue weighted by Gasteiger charge is -2.26. The number of halogens is 3. The number of aromatic nitrogens is 1. The van der Waals surface area contributed by atoms with Crippen LogP contribution in [0.15, 0.2) is 36.5 Å². The lowest BCUT2D eigenvalue weighted by atomic mass is 10.1. The fourth-order valence-corrected chi connectivity index (χ4v) is 2.65. The molecule has 27 heavy (non-hydrogen) atoms. The highest BCUT2D eigenvalue weighted by atomic mass is 19.4. The van der Waals surface area contributed by atoms with Crippen molar-refractivity contribution < 1.29 is 27.8 Å². The first-order valence-corrected chi connectivity index (χ1v) is 8.27. The molecule has 0 bridgehead atoms. The standard InChI is InChI=1S/C18H18F3N3O3/c19-18(20,21)15-4-3-13(6-12(15)8-25)24-17(26)14-2-1-5-22-16(14)23-7-11-9-27-10-11/h1-6,11,25H,7-10H2,(H,22,23)(H,24,26). The number of benzene rings is 1. The van der Waals surface area contributed by atoms with E-state index >= 15 is 0 Å². The van der Waals surface area contributed by atoms with Crippen molar-refractivity contribution in [2.24, 2.45) is 5.92 Å². The lowest BCUT2D eigenvalue weighted by Crippen LogP contribution is -2.34. The first-order valence-electron chi connectivity index (χ1n) is 8.27. The highest BCUT2D eigenvalue weighted by Crippen LogP contribution is 2.33. The fourth-order valence-electron chi connectivity index (χ4n) is 2.65. The number of hydrogen-bond donors (Lipinski definition) is 3. The number of aliphatic hydroxyl groups excluding tert-OH is 1. The minimum Gasteiger partial charge on any atom is -0.392 e. The summed E-state index contributed by atoms with van der Waals surface area (Å²) >= 11 is 0. The molecule has 0 radical (unpaired) electrons. The molecule has 6 nitrogen and oxygen atoms in total. The topological polar surface area (TPSA) is 83.5 Å². The van der Waals surface area contributed by atoms with E-state index in [1.54, 1.807) is 18.3 Å². The van der Waals surface area contributed by atoms with E-state index in [1.165, 1.54) is 0 Å². The van der Waals surface area contributed by atoms with Gasteiger partial charge in [-0.1, -0.05) is 0 Å². The molecule has 2 aromatic rings. The van der Waals surface area contributed by atoms with Gasteiger partial charge < -0.3 is 20.5 Å². The number of amides is 1. The number of nitrogens with zero attached hydrogens (tertiary/aromatic N) is 1. The van der Waals surface area contributed by atoms with Crippen molar-refractivity contribution in [3.8, 4) is 0 Å². The summed E-state index contributed by atoms with van der Waals surface area (Å²) in [6.07, 6.45) is -3.04. The van der Waals surface area contributed by atoms with E-state index in [-0.39, 0.29) is 16.8 Å². The third-order valence-corrected chi connectivity index (χ3v) is 4.16. The molecule has 1 saturated heterocycles. The minimum absolute atomic E-state index is 0.152. The van der Waals surface area contributed by atoms with E-state index in [4.69, 9.17) is 4.74 Å². The molecule has 0 unspecified atom stereocenters. The monoisotopic (exact) mass is 381 g/mol. The number of anilines is 2. The maximum Gasteiger partial charge on any atom is 0.416 e. The number of ether oxygens (including phenoxy) is 1. The molecular weight excluding hydrogens is 363 g/mol. The van der Waals surface area contributed by atoms with E-state index in [0.717, 1.165) is 18.2 Å². The predicted octanol–water partition coefficient (Wildman–Crippen LogP) is 2.90. The van der Waals surface area contributed by atoms with Crippen LogP contribution in [-0.4, -0.2) is 35.8 Å². The molecule has 2 heterocycles. The van der Waals surface area contributed by atoms with E-state index in [1.807, 2.05) is 0 Å². The van der Waals surface area contributed by atoms with E-state index in [0.29, 0.717) is 31.5 Å². The SMILES string of the molecule is O=C(Nc1ccc(C(F)(F)F)c(CO)c1)c1cccnc1NCC1COC1. The molecule has 3 N–H and O–H groups in total. The molecule has 0 saturated carbocycles. The first-order chi connectivity index (χ1) is 12.9. The Morgan fingerprint density at radius 1 is 1.30 bits per heavy atom. The largest absolute Gasteiger partial charge is 0.416 e. The summed E-state index contributed by atoms with van der Waals surface area (Å²) in [4.78, 5) is 16.7. The van der Waals surface area contributed by atoms with E-state index < -0.39 is 24.3 Å². The molecule has 3 rings (SSSR count). The van der Waals surface area contributed by atoms with Crippen LogP contribution in [0.3, 0.4) is 0 Å². The first kappa shape index (κ1) is 19.1. The van der Waals surface area contributed by atoms with Gasteiger partial charge in [0, 0.05) is 24.3 Å². The number of nitrogens with one attached hydrogen (secondary N) is 2. The third kappa shape index (κ3) is 4.55. The number of aliphatic hydroxyl groups is 1. The summed E-state index contributed by atoms with van der Waals surface area (Å²) in [5.41, 5.74) is -0.827. The second-order valence-corrected chi connectivity index (χ2v) is 6.17. The Balaban J connectivity index is 1.75. The summed E-state index contributed by atoms with van der Waals surface area (Å²) in [5.74, 6) is 0.222. The van der Waals surface area contributed by atoms with Crippen LogP contribution >= 0.6 is 0 Å². The van der Waals surface area contributed by atoms with Crippen LogP contribution in [0.4, 0.5) is 24.7 Å². The summed E-state index contributed by atoms with van der Waals surface area (Å²) in [5, 5.41) is 14.8. The molecular formula is C18H18F3N3O3. The number of rotatable bonds is 6. The van der Waals surface area contributed by atoms with Crippen molar-refractivity contribution >= 4 is 17.4 Å². The van der Waals surface area contributed by atoms with Crippen molar-refractivity contribution in [2.75, 3.05) is 30.4 Å². The Bertz CT molecular complexity index is 823. The van der Waals surface area contributed by atoms with Crippen molar-refractivity contribution in [1.82, 2.24) is 4.98 Å². The third-order valence-electron chi connectivity index (χ3n) is 4.16. The van der Waals surface area contributed by atoms with Crippen LogP contribution < -0.4 is 10.6 Å². The molecule has 0 atom stereocenters. The van der Waals surface area contributed by atoms with Gasteiger partial charge >= 0.3 is 6.18 Å². The van der Waals surface area contributed by atoms with Gasteiger partial charge in [-0.15, -0.1) is 0 Å². The fraction of sp³-hybridized carbons (Fsp3) is 0.333. The van der Waals surface area contributed by atoms with Gasteiger partial charge in [0.05, 0.1) is 30.9 Å². The molecule has 9 heteroatoms. The zero-order valence-electron chi connectivity index (χ0n) is 14.2. The molecule has 0 aliphatic carbocycles. The van der Waals surface area contributed by atoms with Crippen molar-refractivity contribution in [2.45, 2.75) is 12.8 Å². The van der Waals surface area contributed by atoms with Crippen LogP contribution in [0.25, 0.3) is 0 Å². The van der Waals surface area contributed by atoms with Gasteiger partial charge in [-0.05, 0) is 35.9 Å². The van der Waals surface area contributed by atoms with Crippen LogP contribution in [0.1, 0.15) is 21.5 Å². The molecule has 1 aliphatic rings. The lowest BCUT2D eigenvalue weighted by molar-refractivity contribution is -0.138. The van der Waals surface area contributed by atoms with Crippen molar-refractivity contribution in [3.63, 3.8) is 0 Å². The van der Waals surface area contributed by atoms with Crippen LogP contribution in [-0.2, 0) is 17.5 Å². The molecule has 144 valence electrons. The van der Waals surface area contributed by atoms with Crippen LogP contribution in [0.2, 0.25) is 0 Å². The Kier molecular flexibility index (Phi) is 5.62. The smallest absolute Gasteiger partial charge is 0.392 e. The van der Waals surface area contributed by atoms with Crippen LogP contribution in [0, 0.1) is 5.92 Å². The normalized spacial score (nSPS) is 14.5. The van der Waals surface area contributed by atoms with E-state index in [2.05, 4.69) is 15.6 Å². The minimum atomic E-state index is -4.58. The zero-order chi connectivity index (χ0) is 19.4. The maximum atomic E-state index is 12.9. The zero-order valence-corrected chi connectivity index (χ0v) is 14.2. The van der Waals surface area contributed by atoms with Gasteiger partial charge in [0.15, 0.2) is 0 Å². The highest BCUT2D eigenvalue weighted by molar-refractivity contribution is 6.07. The van der Waals surface area contributed by atoms with Gasteiger partial charge in [0.2, 0.25) is 0 Å². The Labute approximate surface area is 153 Å². The molecule has 1 fully saturated rings. The maximum absolute atomic E-state index is 12.9. The molecule has 1 aliphatic heterocycles. The average Bonchev–Trinajstić information content (AvgIpc) is 2.59. The van der Waals surface area contributed by atoms with Gasteiger partial charge in [-0.25, -0.2) is 4.98 Å². The quantitative estimate of drug-likeness (QED) is 0.717. The van der Waals surface area contributed by atoms with Crippen molar-refractivity contribution in [1.29, 1.82) is 0 Å². The second-order valence-electron chi connectivity index (χ2n) is 6.17. The molecule has 1 aromatic carbocycles. The number of alkyl halides is 3. The summed E-state index contributed by atoms with van der Waals surface area (Å²) < 4.78 is 43.8. The second kappa shape index (κ2) is 7.93. The number of carbonyl (C=O) groups is 1. The Morgan fingerprint density at radius 3 is 2.70 bits per heavy atom. The Morgan fingerprint density at radius 2 is 2.07 bits per heavy atom. The Hall–Kier alpha value is -2.65. The predicted molar refractivity (Wildman–Crippen MR) is 92.4 cm³/mol. The summed E-state index contributed by atoms with van der Waals surface area (Å²) in [7, 11) is 0. The van der Waals surface area contributed by atoms with Crippen LogP contribution in [0.5, 0.6) is 0 Å².